The fraction of sp³-hybridized carbons (Fsp3) is 0.400. The highest BCUT2D eigenvalue weighted by atomic mass is 16.6. The molecule has 6 nitrogen and oxygen atoms in total. The maximum Gasteiger partial charge on any atom is 0.410 e. The van der Waals surface area contributed by atoms with Crippen LogP contribution < -0.4 is 0 Å². The number of carbonyl (C=O) groups excluding carboxylic acids is 1. The summed E-state index contributed by atoms with van der Waals surface area (Å²) in [4.78, 5) is 13.3. The predicted octanol–water partition coefficient (Wildman–Crippen LogP) is 3.10. The Balaban J connectivity index is 2.01. The highest BCUT2D eigenvalue weighted by molar-refractivity contribution is 5.67. The Morgan fingerprint density at radius 3 is 2.52 bits per heavy atom. The number of rotatable bonds is 3. The van der Waals surface area contributed by atoms with Crippen LogP contribution in [0.2, 0.25) is 0 Å². The van der Waals surface area contributed by atoms with E-state index in [2.05, 4.69) is 10.2 Å². The van der Waals surface area contributed by atoms with Gasteiger partial charge in [0, 0.05) is 12.6 Å². The van der Waals surface area contributed by atoms with Gasteiger partial charge in [0.05, 0.1) is 0 Å². The second-order valence-electron chi connectivity index (χ2n) is 5.70. The summed E-state index contributed by atoms with van der Waals surface area (Å²) >= 11 is 0. The minimum absolute atomic E-state index is 0.203. The Morgan fingerprint density at radius 1 is 1.24 bits per heavy atom. The molecular weight excluding hydrogens is 270 g/mol. The average Bonchev–Trinajstić information content (AvgIpc) is 2.86. The van der Waals surface area contributed by atoms with Crippen molar-refractivity contribution in [2.24, 2.45) is 0 Å². The Morgan fingerprint density at radius 2 is 1.90 bits per heavy atom. The van der Waals surface area contributed by atoms with Gasteiger partial charge in [-0.3, -0.25) is 0 Å². The van der Waals surface area contributed by atoms with Gasteiger partial charge in [-0.15, -0.1) is 10.2 Å². The van der Waals surface area contributed by atoms with E-state index in [1.807, 2.05) is 51.1 Å². The molecular formula is C15H19N3O3. The van der Waals surface area contributed by atoms with E-state index in [4.69, 9.17) is 9.15 Å². The normalized spacial score (nSPS) is 11.2. The third kappa shape index (κ3) is 4.30. The third-order valence-corrected chi connectivity index (χ3v) is 2.57. The molecule has 6 heteroatoms. The summed E-state index contributed by atoms with van der Waals surface area (Å²) in [7, 11) is 1.63. The summed E-state index contributed by atoms with van der Waals surface area (Å²) in [6.07, 6.45) is -0.429. The molecule has 0 fully saturated rings. The Hall–Kier alpha value is -2.37. The molecule has 0 unspecified atom stereocenters. The zero-order chi connectivity index (χ0) is 15.5. The molecule has 0 bridgehead atoms. The Bertz CT molecular complexity index is 602. The van der Waals surface area contributed by atoms with E-state index < -0.39 is 11.7 Å². The number of hydrogen-bond acceptors (Lipinski definition) is 5. The zero-order valence-electron chi connectivity index (χ0n) is 12.7. The first-order valence-electron chi connectivity index (χ1n) is 6.67. The molecule has 0 N–H and O–H groups in total. The lowest BCUT2D eigenvalue weighted by atomic mass is 10.2. The van der Waals surface area contributed by atoms with Crippen LogP contribution in [0.25, 0.3) is 11.5 Å². The van der Waals surface area contributed by atoms with Gasteiger partial charge < -0.3 is 14.1 Å². The van der Waals surface area contributed by atoms with Gasteiger partial charge in [0.15, 0.2) is 0 Å². The van der Waals surface area contributed by atoms with E-state index in [1.54, 1.807) is 7.05 Å². The van der Waals surface area contributed by atoms with Gasteiger partial charge in [0.25, 0.3) is 0 Å². The fourth-order valence-electron chi connectivity index (χ4n) is 1.62. The van der Waals surface area contributed by atoms with Crippen LogP contribution in [0.3, 0.4) is 0 Å². The van der Waals surface area contributed by atoms with Gasteiger partial charge in [-0.05, 0) is 32.9 Å². The molecule has 0 saturated heterocycles. The summed E-state index contributed by atoms with van der Waals surface area (Å²) in [6.45, 7) is 5.66. The molecule has 1 aromatic heterocycles. The molecule has 2 aromatic rings. The van der Waals surface area contributed by atoms with Gasteiger partial charge in [-0.1, -0.05) is 18.2 Å². The number of hydrogen-bond donors (Lipinski definition) is 0. The standard InChI is InChI=1S/C15H19N3O3/c1-15(2,3)21-14(19)18(4)10-12-16-17-13(20-12)11-8-6-5-7-9-11/h5-9H,10H2,1-4H3. The number of ether oxygens (including phenoxy) is 1. The van der Waals surface area contributed by atoms with Crippen molar-refractivity contribution in [3.8, 4) is 11.5 Å². The first kappa shape index (κ1) is 15.0. The van der Waals surface area contributed by atoms with E-state index in [-0.39, 0.29) is 6.54 Å². The summed E-state index contributed by atoms with van der Waals surface area (Å²) in [5.41, 5.74) is 0.311. The van der Waals surface area contributed by atoms with E-state index in [9.17, 15) is 4.79 Å². The molecule has 0 saturated carbocycles. The summed E-state index contributed by atoms with van der Waals surface area (Å²) in [6, 6.07) is 9.47. The zero-order valence-corrected chi connectivity index (χ0v) is 12.7. The maximum atomic E-state index is 11.9. The lowest BCUT2D eigenvalue weighted by Gasteiger charge is -2.23. The first-order valence-corrected chi connectivity index (χ1v) is 6.67. The number of amides is 1. The van der Waals surface area contributed by atoms with Crippen molar-refractivity contribution >= 4 is 6.09 Å². The quantitative estimate of drug-likeness (QED) is 0.868. The Labute approximate surface area is 123 Å². The molecule has 0 aliphatic heterocycles. The highest BCUT2D eigenvalue weighted by Gasteiger charge is 2.21. The van der Waals surface area contributed by atoms with Crippen LogP contribution in [-0.4, -0.2) is 33.8 Å². The molecule has 1 heterocycles. The van der Waals surface area contributed by atoms with Crippen LogP contribution in [0.5, 0.6) is 0 Å². The SMILES string of the molecule is CN(Cc1nnc(-c2ccccc2)o1)C(=O)OC(C)(C)C. The second kappa shape index (κ2) is 5.95. The Kier molecular flexibility index (Phi) is 4.26. The average molecular weight is 289 g/mol. The van der Waals surface area contributed by atoms with Gasteiger partial charge >= 0.3 is 6.09 Å². The topological polar surface area (TPSA) is 68.5 Å². The van der Waals surface area contributed by atoms with Crippen LogP contribution in [-0.2, 0) is 11.3 Å². The smallest absolute Gasteiger partial charge is 0.410 e. The number of benzene rings is 1. The minimum atomic E-state index is -0.532. The second-order valence-corrected chi connectivity index (χ2v) is 5.70. The molecule has 2 rings (SSSR count). The number of nitrogens with zero attached hydrogens (tertiary/aromatic N) is 3. The minimum Gasteiger partial charge on any atom is -0.444 e. The maximum absolute atomic E-state index is 11.9. The highest BCUT2D eigenvalue weighted by Crippen LogP contribution is 2.18. The molecule has 0 spiro atoms. The molecule has 0 aliphatic carbocycles. The van der Waals surface area contributed by atoms with E-state index in [0.29, 0.717) is 11.8 Å². The molecule has 1 aromatic carbocycles. The van der Waals surface area contributed by atoms with Crippen molar-refractivity contribution in [1.82, 2.24) is 15.1 Å². The monoisotopic (exact) mass is 289 g/mol. The van der Waals surface area contributed by atoms with Gasteiger partial charge in [-0.25, -0.2) is 4.79 Å². The van der Waals surface area contributed by atoms with E-state index >= 15 is 0 Å². The largest absolute Gasteiger partial charge is 0.444 e. The molecule has 0 radical (unpaired) electrons. The summed E-state index contributed by atoms with van der Waals surface area (Å²) in [5.74, 6) is 0.797. The van der Waals surface area contributed by atoms with Crippen molar-refractivity contribution in [3.05, 3.63) is 36.2 Å². The molecule has 112 valence electrons. The van der Waals surface area contributed by atoms with E-state index in [1.165, 1.54) is 4.90 Å². The lowest BCUT2D eigenvalue weighted by Crippen LogP contribution is -2.33. The third-order valence-electron chi connectivity index (χ3n) is 2.57. The molecule has 1 amide bonds. The number of carbonyl (C=O) groups is 1. The molecule has 0 atom stereocenters. The van der Waals surface area contributed by atoms with Gasteiger partial charge in [0.2, 0.25) is 11.8 Å². The van der Waals surface area contributed by atoms with E-state index in [0.717, 1.165) is 5.56 Å². The predicted molar refractivity (Wildman–Crippen MR) is 77.4 cm³/mol. The van der Waals surface area contributed by atoms with Gasteiger partial charge in [-0.2, -0.15) is 0 Å². The molecule has 0 aliphatic rings. The van der Waals surface area contributed by atoms with Crippen LogP contribution >= 0.6 is 0 Å². The van der Waals surface area contributed by atoms with Crippen molar-refractivity contribution in [1.29, 1.82) is 0 Å². The van der Waals surface area contributed by atoms with Gasteiger partial charge in [0.1, 0.15) is 12.1 Å². The van der Waals surface area contributed by atoms with Crippen LogP contribution in [0.1, 0.15) is 26.7 Å². The lowest BCUT2D eigenvalue weighted by molar-refractivity contribution is 0.0272. The van der Waals surface area contributed by atoms with Crippen LogP contribution in [0, 0.1) is 0 Å². The van der Waals surface area contributed by atoms with Crippen LogP contribution in [0.15, 0.2) is 34.7 Å². The van der Waals surface area contributed by atoms with Crippen LogP contribution in [0.4, 0.5) is 4.79 Å². The van der Waals surface area contributed by atoms with Crippen molar-refractivity contribution in [3.63, 3.8) is 0 Å². The summed E-state index contributed by atoms with van der Waals surface area (Å²) in [5, 5.41) is 7.92. The first-order chi connectivity index (χ1) is 9.85. The number of aromatic nitrogens is 2. The van der Waals surface area contributed by atoms with Crippen molar-refractivity contribution in [2.75, 3.05) is 7.05 Å². The van der Waals surface area contributed by atoms with Crippen molar-refractivity contribution < 1.29 is 13.9 Å². The fourth-order valence-corrected chi connectivity index (χ4v) is 1.62. The van der Waals surface area contributed by atoms with Crippen molar-refractivity contribution in [2.45, 2.75) is 32.9 Å². The summed E-state index contributed by atoms with van der Waals surface area (Å²) < 4.78 is 10.8. The molecule has 21 heavy (non-hydrogen) atoms.